The maximum Gasteiger partial charge on any atom is 0.223 e. The predicted octanol–water partition coefficient (Wildman–Crippen LogP) is 5.07. The first-order valence-corrected chi connectivity index (χ1v) is 8.64. The van der Waals surface area contributed by atoms with Crippen LogP contribution in [0.25, 0.3) is 22.3 Å². The monoisotopic (exact) mass is 344 g/mol. The van der Waals surface area contributed by atoms with Crippen LogP contribution in [-0.4, -0.2) is 15.1 Å². The zero-order valence-corrected chi connectivity index (χ0v) is 15.0. The van der Waals surface area contributed by atoms with Gasteiger partial charge in [-0.25, -0.2) is 4.98 Å². The van der Waals surface area contributed by atoms with Gasteiger partial charge in [-0.1, -0.05) is 47.6 Å². The van der Waals surface area contributed by atoms with Crippen molar-refractivity contribution in [3.8, 4) is 11.4 Å². The molecule has 0 bridgehead atoms. The average Bonchev–Trinajstić information content (AvgIpc) is 3.08. The van der Waals surface area contributed by atoms with Crippen molar-refractivity contribution in [1.29, 1.82) is 0 Å². The summed E-state index contributed by atoms with van der Waals surface area (Å²) in [7, 11) is 0. The number of aryl methyl sites for hydroxylation is 2. The van der Waals surface area contributed by atoms with Crippen LogP contribution >= 0.6 is 0 Å². The van der Waals surface area contributed by atoms with E-state index in [0.29, 0.717) is 11.7 Å². The molecule has 2 heterocycles. The highest BCUT2D eigenvalue weighted by Gasteiger charge is 2.16. The van der Waals surface area contributed by atoms with Gasteiger partial charge in [0.15, 0.2) is 0 Å². The second-order valence-corrected chi connectivity index (χ2v) is 6.49. The minimum Gasteiger partial charge on any atom is -0.363 e. The molecule has 0 aliphatic carbocycles. The van der Waals surface area contributed by atoms with E-state index in [1.807, 2.05) is 18.2 Å². The number of rotatable bonds is 4. The van der Waals surface area contributed by atoms with Crippen LogP contribution in [0.5, 0.6) is 0 Å². The van der Waals surface area contributed by atoms with Crippen molar-refractivity contribution in [2.24, 2.45) is 0 Å². The lowest BCUT2D eigenvalue weighted by molar-refractivity contribution is 0.394. The molecule has 1 atom stereocenters. The van der Waals surface area contributed by atoms with Crippen molar-refractivity contribution in [1.82, 2.24) is 15.1 Å². The molecule has 0 fully saturated rings. The highest BCUT2D eigenvalue weighted by atomic mass is 16.5. The Morgan fingerprint density at radius 3 is 2.50 bits per heavy atom. The Morgan fingerprint density at radius 1 is 0.962 bits per heavy atom. The third-order valence-corrected chi connectivity index (χ3v) is 4.39. The summed E-state index contributed by atoms with van der Waals surface area (Å²) < 4.78 is 5.18. The fourth-order valence-corrected chi connectivity index (χ4v) is 3.00. The quantitative estimate of drug-likeness (QED) is 0.559. The average molecular weight is 344 g/mol. The van der Waals surface area contributed by atoms with E-state index in [1.165, 1.54) is 11.1 Å². The summed E-state index contributed by atoms with van der Waals surface area (Å²) >= 11 is 0. The van der Waals surface area contributed by atoms with Gasteiger partial charge in [-0.2, -0.15) is 4.98 Å². The Balaban J connectivity index is 1.82. The van der Waals surface area contributed by atoms with E-state index in [2.05, 4.69) is 65.7 Å². The zero-order valence-electron chi connectivity index (χ0n) is 15.0. The van der Waals surface area contributed by atoms with E-state index < -0.39 is 0 Å². The molecule has 2 aromatic heterocycles. The van der Waals surface area contributed by atoms with Gasteiger partial charge >= 0.3 is 0 Å². The summed E-state index contributed by atoms with van der Waals surface area (Å²) in [5.41, 5.74) is 4.14. The van der Waals surface area contributed by atoms with E-state index in [-0.39, 0.29) is 6.04 Å². The fourth-order valence-electron chi connectivity index (χ4n) is 3.00. The molecule has 1 N–H and O–H groups in total. The van der Waals surface area contributed by atoms with Crippen LogP contribution in [0.2, 0.25) is 0 Å². The van der Waals surface area contributed by atoms with Crippen LogP contribution in [0, 0.1) is 13.8 Å². The first-order chi connectivity index (χ1) is 12.6. The summed E-state index contributed by atoms with van der Waals surface area (Å²) in [4.78, 5) is 9.24. The molecule has 0 aliphatic rings. The van der Waals surface area contributed by atoms with Gasteiger partial charge in [-0.05, 0) is 37.1 Å². The van der Waals surface area contributed by atoms with Gasteiger partial charge < -0.3 is 9.84 Å². The molecule has 5 heteroatoms. The fraction of sp³-hybridized carbons (Fsp3) is 0.190. The highest BCUT2D eigenvalue weighted by molar-refractivity contribution is 5.88. The van der Waals surface area contributed by atoms with Crippen LogP contribution in [-0.2, 0) is 0 Å². The van der Waals surface area contributed by atoms with Gasteiger partial charge in [0.25, 0.3) is 0 Å². The number of benzene rings is 2. The molecule has 0 radical (unpaired) electrons. The Bertz CT molecular complexity index is 1060. The van der Waals surface area contributed by atoms with Gasteiger partial charge in [0.1, 0.15) is 5.82 Å². The molecule has 4 rings (SSSR count). The number of hydrogen-bond donors (Lipinski definition) is 1. The maximum absolute atomic E-state index is 5.18. The molecule has 0 amide bonds. The minimum atomic E-state index is 0.0951. The van der Waals surface area contributed by atoms with Crippen molar-refractivity contribution in [2.45, 2.75) is 26.8 Å². The van der Waals surface area contributed by atoms with E-state index >= 15 is 0 Å². The highest BCUT2D eigenvalue weighted by Crippen LogP contribution is 2.31. The number of aromatic nitrogens is 3. The number of fused-ring (bicyclic) bond motifs is 1. The van der Waals surface area contributed by atoms with Crippen LogP contribution in [0.4, 0.5) is 5.82 Å². The third kappa shape index (κ3) is 3.16. The minimum absolute atomic E-state index is 0.0951. The van der Waals surface area contributed by atoms with Gasteiger partial charge in [0.05, 0.1) is 11.1 Å². The summed E-state index contributed by atoms with van der Waals surface area (Å²) in [6.07, 6.45) is 0. The van der Waals surface area contributed by atoms with Crippen molar-refractivity contribution < 1.29 is 4.52 Å². The lowest BCUT2D eigenvalue weighted by atomic mass is 10.1. The molecule has 26 heavy (non-hydrogen) atoms. The third-order valence-electron chi connectivity index (χ3n) is 4.39. The van der Waals surface area contributed by atoms with E-state index in [4.69, 9.17) is 9.51 Å². The van der Waals surface area contributed by atoms with Crippen LogP contribution in [0.15, 0.2) is 59.1 Å². The van der Waals surface area contributed by atoms with Crippen LogP contribution in [0.1, 0.15) is 30.0 Å². The Labute approximate surface area is 152 Å². The van der Waals surface area contributed by atoms with E-state index in [0.717, 1.165) is 22.3 Å². The Morgan fingerprint density at radius 2 is 1.77 bits per heavy atom. The van der Waals surface area contributed by atoms with Gasteiger partial charge in [-0.15, -0.1) is 0 Å². The van der Waals surface area contributed by atoms with Gasteiger partial charge in [0.2, 0.25) is 11.7 Å². The molecular weight excluding hydrogens is 324 g/mol. The smallest absolute Gasteiger partial charge is 0.223 e. The maximum atomic E-state index is 5.18. The van der Waals surface area contributed by atoms with Crippen molar-refractivity contribution in [2.75, 3.05) is 5.32 Å². The molecule has 130 valence electrons. The number of nitrogens with one attached hydrogen (secondary N) is 1. The Hall–Kier alpha value is -3.21. The molecule has 4 aromatic rings. The normalized spacial score (nSPS) is 12.3. The summed E-state index contributed by atoms with van der Waals surface area (Å²) in [5.74, 6) is 1.83. The number of pyridine rings is 1. The molecule has 0 aliphatic heterocycles. The summed E-state index contributed by atoms with van der Waals surface area (Å²) in [5, 5.41) is 8.65. The molecule has 5 nitrogen and oxygen atoms in total. The van der Waals surface area contributed by atoms with Crippen molar-refractivity contribution in [3.63, 3.8) is 0 Å². The first kappa shape index (κ1) is 16.3. The lowest BCUT2D eigenvalue weighted by Gasteiger charge is -2.17. The van der Waals surface area contributed by atoms with Crippen LogP contribution in [0.3, 0.4) is 0 Å². The number of anilines is 1. The zero-order chi connectivity index (χ0) is 18.1. The van der Waals surface area contributed by atoms with Gasteiger partial charge in [-0.3, -0.25) is 0 Å². The molecule has 1 unspecified atom stereocenters. The lowest BCUT2D eigenvalue weighted by Crippen LogP contribution is -2.09. The van der Waals surface area contributed by atoms with Crippen molar-refractivity contribution >= 4 is 16.7 Å². The predicted molar refractivity (Wildman–Crippen MR) is 103 cm³/mol. The Kier molecular flexibility index (Phi) is 4.13. The summed E-state index contributed by atoms with van der Waals surface area (Å²) in [6.45, 7) is 5.97. The molecule has 0 saturated heterocycles. The van der Waals surface area contributed by atoms with E-state index in [1.54, 1.807) is 6.92 Å². The largest absolute Gasteiger partial charge is 0.363 e. The molecule has 0 saturated carbocycles. The van der Waals surface area contributed by atoms with Crippen molar-refractivity contribution in [3.05, 3.63) is 71.6 Å². The summed E-state index contributed by atoms with van der Waals surface area (Å²) in [6, 6.07) is 18.7. The molecule has 0 spiro atoms. The molecule has 2 aromatic carbocycles. The number of hydrogen-bond acceptors (Lipinski definition) is 5. The molecular formula is C21H20N4O. The first-order valence-electron chi connectivity index (χ1n) is 8.64. The second kappa shape index (κ2) is 6.59. The number of nitrogens with zero attached hydrogens (tertiary/aromatic N) is 3. The SMILES string of the molecule is Cc1ccc2cc(-c3noc(C)n3)c(NC(C)c3ccccc3)nc2c1. The topological polar surface area (TPSA) is 63.8 Å². The van der Waals surface area contributed by atoms with Crippen LogP contribution < -0.4 is 5.32 Å². The van der Waals surface area contributed by atoms with Gasteiger partial charge in [0, 0.05) is 18.4 Å². The standard InChI is InChI=1S/C21H20N4O/c1-13-9-10-17-12-18(21-23-15(3)26-25-21)20(24-19(17)11-13)22-14(2)16-7-5-4-6-8-16/h4-12,14H,1-3H3,(H,22,24). The second-order valence-electron chi connectivity index (χ2n) is 6.49. The van der Waals surface area contributed by atoms with E-state index in [9.17, 15) is 0 Å².